The molecule has 0 radical (unpaired) electrons. The Labute approximate surface area is 196 Å². The van der Waals surface area contributed by atoms with Gasteiger partial charge in [0.25, 0.3) is 0 Å². The highest BCUT2D eigenvalue weighted by Crippen LogP contribution is 2.44. The van der Waals surface area contributed by atoms with Gasteiger partial charge in [0.05, 0.1) is 18.8 Å². The van der Waals surface area contributed by atoms with Crippen molar-refractivity contribution in [3.63, 3.8) is 0 Å². The van der Waals surface area contributed by atoms with Crippen molar-refractivity contribution in [1.82, 2.24) is 9.78 Å². The van der Waals surface area contributed by atoms with Crippen LogP contribution >= 0.6 is 11.6 Å². The lowest BCUT2D eigenvalue weighted by Crippen LogP contribution is -2.20. The highest BCUT2D eigenvalue weighted by atomic mass is 35.5. The fraction of sp³-hybridized carbons (Fsp3) is 0.154. The SMILES string of the molecule is O=C(Nc1cc(-c2ccc(Cl)cc2)nn1CCO)OCC1c2ccccc2-c2ccccc21. The number of amides is 1. The lowest BCUT2D eigenvalue weighted by Gasteiger charge is -2.15. The highest BCUT2D eigenvalue weighted by Gasteiger charge is 2.29. The summed E-state index contributed by atoms with van der Waals surface area (Å²) in [5, 5.41) is 17.3. The molecule has 0 atom stereocenters. The number of carbonyl (C=O) groups is 1. The molecule has 1 heterocycles. The normalized spacial score (nSPS) is 12.3. The van der Waals surface area contributed by atoms with Crippen LogP contribution in [-0.2, 0) is 11.3 Å². The molecule has 2 N–H and O–H groups in total. The molecule has 0 bridgehead atoms. The van der Waals surface area contributed by atoms with Gasteiger partial charge in [-0.1, -0.05) is 72.3 Å². The first kappa shape index (κ1) is 21.2. The Bertz CT molecular complexity index is 1250. The average molecular weight is 460 g/mol. The molecule has 6 nitrogen and oxygen atoms in total. The molecular weight excluding hydrogens is 438 g/mol. The fourth-order valence-electron chi connectivity index (χ4n) is 4.28. The average Bonchev–Trinajstić information content (AvgIpc) is 3.37. The predicted molar refractivity (Wildman–Crippen MR) is 128 cm³/mol. The summed E-state index contributed by atoms with van der Waals surface area (Å²) in [6.45, 7) is 0.353. The molecular formula is C26H22ClN3O3. The summed E-state index contributed by atoms with van der Waals surface area (Å²) in [6, 6.07) is 25.4. The number of hydrogen-bond acceptors (Lipinski definition) is 4. The maximum atomic E-state index is 12.7. The minimum absolute atomic E-state index is 0.0184. The van der Waals surface area contributed by atoms with E-state index in [0.717, 1.165) is 16.7 Å². The van der Waals surface area contributed by atoms with Crippen LogP contribution in [0.4, 0.5) is 10.6 Å². The van der Waals surface area contributed by atoms with E-state index in [1.54, 1.807) is 22.9 Å². The molecule has 3 aromatic carbocycles. The lowest BCUT2D eigenvalue weighted by molar-refractivity contribution is 0.158. The molecule has 1 aliphatic carbocycles. The number of nitrogens with one attached hydrogen (secondary N) is 1. The van der Waals surface area contributed by atoms with Crippen molar-refractivity contribution in [2.75, 3.05) is 18.5 Å². The van der Waals surface area contributed by atoms with Gasteiger partial charge in [-0.25, -0.2) is 9.48 Å². The summed E-state index contributed by atoms with van der Waals surface area (Å²) < 4.78 is 7.18. The first-order valence-electron chi connectivity index (χ1n) is 10.7. The van der Waals surface area contributed by atoms with E-state index >= 15 is 0 Å². The van der Waals surface area contributed by atoms with Gasteiger partial charge in [0.15, 0.2) is 0 Å². The minimum Gasteiger partial charge on any atom is -0.448 e. The molecule has 0 unspecified atom stereocenters. The van der Waals surface area contributed by atoms with E-state index in [1.807, 2.05) is 36.4 Å². The quantitative estimate of drug-likeness (QED) is 0.396. The summed E-state index contributed by atoms with van der Waals surface area (Å²) in [4.78, 5) is 12.7. The molecule has 1 aliphatic rings. The van der Waals surface area contributed by atoms with E-state index in [9.17, 15) is 9.90 Å². The van der Waals surface area contributed by atoms with Crippen LogP contribution in [-0.4, -0.2) is 34.2 Å². The molecule has 166 valence electrons. The zero-order valence-corrected chi connectivity index (χ0v) is 18.5. The van der Waals surface area contributed by atoms with Gasteiger partial charge in [-0.15, -0.1) is 0 Å². The number of benzene rings is 3. The third-order valence-electron chi connectivity index (χ3n) is 5.81. The van der Waals surface area contributed by atoms with Crippen LogP contribution < -0.4 is 5.32 Å². The number of aliphatic hydroxyl groups is 1. The van der Waals surface area contributed by atoms with Gasteiger partial charge in [-0.05, 0) is 34.4 Å². The number of carbonyl (C=O) groups excluding carboxylic acids is 1. The Morgan fingerprint density at radius 3 is 2.27 bits per heavy atom. The molecule has 0 spiro atoms. The second-order valence-corrected chi connectivity index (χ2v) is 8.26. The lowest BCUT2D eigenvalue weighted by atomic mass is 9.98. The number of ether oxygens (including phenoxy) is 1. The van der Waals surface area contributed by atoms with Crippen molar-refractivity contribution in [2.45, 2.75) is 12.5 Å². The van der Waals surface area contributed by atoms with Crippen LogP contribution in [0.2, 0.25) is 5.02 Å². The first-order valence-corrected chi connectivity index (χ1v) is 11.1. The second kappa shape index (κ2) is 9.10. The Morgan fingerprint density at radius 1 is 1.00 bits per heavy atom. The number of hydrogen-bond donors (Lipinski definition) is 2. The van der Waals surface area contributed by atoms with Crippen molar-refractivity contribution < 1.29 is 14.6 Å². The van der Waals surface area contributed by atoms with E-state index < -0.39 is 6.09 Å². The first-order chi connectivity index (χ1) is 16.1. The number of halogens is 1. The number of rotatable bonds is 6. The summed E-state index contributed by atoms with van der Waals surface area (Å²) in [5.41, 5.74) is 6.18. The van der Waals surface area contributed by atoms with Gasteiger partial charge in [0, 0.05) is 22.6 Å². The van der Waals surface area contributed by atoms with Crippen molar-refractivity contribution in [3.8, 4) is 22.4 Å². The Balaban J connectivity index is 1.32. The van der Waals surface area contributed by atoms with Gasteiger partial charge < -0.3 is 9.84 Å². The van der Waals surface area contributed by atoms with Crippen molar-refractivity contribution in [1.29, 1.82) is 0 Å². The Hall–Kier alpha value is -3.61. The van der Waals surface area contributed by atoms with Crippen molar-refractivity contribution in [3.05, 3.63) is 95.0 Å². The number of fused-ring (bicyclic) bond motifs is 3. The van der Waals surface area contributed by atoms with E-state index in [4.69, 9.17) is 16.3 Å². The Morgan fingerprint density at radius 2 is 1.64 bits per heavy atom. The van der Waals surface area contributed by atoms with Gasteiger partial charge in [-0.2, -0.15) is 5.10 Å². The smallest absolute Gasteiger partial charge is 0.412 e. The predicted octanol–water partition coefficient (Wildman–Crippen LogP) is 5.56. The molecule has 33 heavy (non-hydrogen) atoms. The zero-order chi connectivity index (χ0) is 22.8. The second-order valence-electron chi connectivity index (χ2n) is 7.82. The van der Waals surface area contributed by atoms with Gasteiger partial charge in [-0.3, -0.25) is 5.32 Å². The number of nitrogens with zero attached hydrogens (tertiary/aromatic N) is 2. The van der Waals surface area contributed by atoms with Crippen LogP contribution in [0.1, 0.15) is 17.0 Å². The van der Waals surface area contributed by atoms with Crippen LogP contribution in [0.25, 0.3) is 22.4 Å². The minimum atomic E-state index is -0.571. The maximum absolute atomic E-state index is 12.7. The third-order valence-corrected chi connectivity index (χ3v) is 6.06. The summed E-state index contributed by atoms with van der Waals surface area (Å²) in [5.74, 6) is 0.432. The maximum Gasteiger partial charge on any atom is 0.412 e. The van der Waals surface area contributed by atoms with Gasteiger partial charge >= 0.3 is 6.09 Å². The largest absolute Gasteiger partial charge is 0.448 e. The van der Waals surface area contributed by atoms with Crippen molar-refractivity contribution in [2.24, 2.45) is 0 Å². The fourth-order valence-corrected chi connectivity index (χ4v) is 4.41. The van der Waals surface area contributed by atoms with Gasteiger partial charge in [0.1, 0.15) is 12.4 Å². The van der Waals surface area contributed by atoms with E-state index in [0.29, 0.717) is 16.5 Å². The molecule has 0 aliphatic heterocycles. The highest BCUT2D eigenvalue weighted by molar-refractivity contribution is 6.30. The third kappa shape index (κ3) is 4.23. The zero-order valence-electron chi connectivity index (χ0n) is 17.7. The molecule has 0 saturated heterocycles. The number of aliphatic hydroxyl groups excluding tert-OH is 1. The number of anilines is 1. The summed E-state index contributed by atoms with van der Waals surface area (Å²) in [7, 11) is 0. The van der Waals surface area contributed by atoms with Crippen molar-refractivity contribution >= 4 is 23.5 Å². The molecule has 7 heteroatoms. The molecule has 5 rings (SSSR count). The van der Waals surface area contributed by atoms with Crippen LogP contribution in [0.15, 0.2) is 78.9 Å². The molecule has 0 saturated carbocycles. The van der Waals surface area contributed by atoms with Crippen LogP contribution in [0.3, 0.4) is 0 Å². The van der Waals surface area contributed by atoms with Crippen LogP contribution in [0, 0.1) is 0 Å². The monoisotopic (exact) mass is 459 g/mol. The topological polar surface area (TPSA) is 76.4 Å². The molecule has 1 aromatic heterocycles. The number of aromatic nitrogens is 2. The van der Waals surface area contributed by atoms with Crippen LogP contribution in [0.5, 0.6) is 0 Å². The standard InChI is InChI=1S/C26H22ClN3O3/c27-18-11-9-17(10-12-18)24-15-25(30(29-24)13-14-31)28-26(32)33-16-23-21-7-3-1-5-19(21)20-6-2-4-8-22(20)23/h1-12,15,23,31H,13-14,16H2,(H,28,32). The van der Waals surface area contributed by atoms with E-state index in [1.165, 1.54) is 11.1 Å². The van der Waals surface area contributed by atoms with E-state index in [-0.39, 0.29) is 25.7 Å². The van der Waals surface area contributed by atoms with Gasteiger partial charge in [0.2, 0.25) is 0 Å². The Kier molecular flexibility index (Phi) is 5.86. The molecule has 4 aromatic rings. The summed E-state index contributed by atoms with van der Waals surface area (Å²) >= 11 is 5.97. The molecule has 1 amide bonds. The molecule has 0 fully saturated rings. The van der Waals surface area contributed by atoms with E-state index in [2.05, 4.69) is 34.7 Å². The summed E-state index contributed by atoms with van der Waals surface area (Å²) in [6.07, 6.45) is -0.571.